The van der Waals surface area contributed by atoms with E-state index in [-0.39, 0.29) is 5.91 Å². The number of H-pyrrole nitrogens is 1. The molecule has 0 unspecified atom stereocenters. The molecule has 22 heavy (non-hydrogen) atoms. The first-order chi connectivity index (χ1) is 10.8. The quantitative estimate of drug-likeness (QED) is 0.881. The average Bonchev–Trinajstić information content (AvgIpc) is 3.25. The number of nitrogens with one attached hydrogen (secondary N) is 1. The first-order valence-corrected chi connectivity index (χ1v) is 7.70. The van der Waals surface area contributed by atoms with Gasteiger partial charge in [0.05, 0.1) is 17.5 Å². The second-order valence-corrected chi connectivity index (χ2v) is 5.79. The van der Waals surface area contributed by atoms with Crippen molar-refractivity contribution in [3.05, 3.63) is 35.3 Å². The monoisotopic (exact) mass is 298 g/mol. The summed E-state index contributed by atoms with van der Waals surface area (Å²) in [6.07, 6.45) is 6.55. The lowest BCUT2D eigenvalue weighted by atomic mass is 10.2. The molecule has 0 atom stereocenters. The van der Waals surface area contributed by atoms with Crippen molar-refractivity contribution in [2.75, 3.05) is 31.1 Å². The van der Waals surface area contributed by atoms with E-state index in [1.54, 1.807) is 12.4 Å². The number of amides is 1. The van der Waals surface area contributed by atoms with Crippen LogP contribution in [-0.4, -0.2) is 57.4 Å². The molecule has 1 N–H and O–H groups in total. The van der Waals surface area contributed by atoms with Crippen LogP contribution in [0, 0.1) is 0 Å². The number of aromatic nitrogens is 4. The third-order valence-electron chi connectivity index (χ3n) is 4.44. The smallest absolute Gasteiger partial charge is 0.257 e. The minimum Gasteiger partial charge on any atom is -0.352 e. The lowest BCUT2D eigenvalue weighted by Crippen LogP contribution is -2.49. The van der Waals surface area contributed by atoms with Crippen molar-refractivity contribution in [3.63, 3.8) is 0 Å². The van der Waals surface area contributed by atoms with E-state index in [0.717, 1.165) is 37.4 Å². The number of anilines is 1. The highest BCUT2D eigenvalue weighted by Crippen LogP contribution is 2.23. The second-order valence-electron chi connectivity index (χ2n) is 5.79. The maximum atomic E-state index is 12.3. The molecule has 0 bridgehead atoms. The predicted octanol–water partition coefficient (Wildman–Crippen LogP) is 0.651. The van der Waals surface area contributed by atoms with Gasteiger partial charge < -0.3 is 9.80 Å². The van der Waals surface area contributed by atoms with Gasteiger partial charge in [-0.2, -0.15) is 10.2 Å². The number of aryl methyl sites for hydroxylation is 2. The molecule has 3 heterocycles. The molecule has 1 aliphatic carbocycles. The fraction of sp³-hybridized carbons (Fsp3) is 0.467. The number of nitrogens with zero attached hydrogens (tertiary/aromatic N) is 5. The molecule has 1 saturated heterocycles. The van der Waals surface area contributed by atoms with Gasteiger partial charge in [0, 0.05) is 32.4 Å². The van der Waals surface area contributed by atoms with E-state index in [9.17, 15) is 4.79 Å². The van der Waals surface area contributed by atoms with Crippen LogP contribution in [0.1, 0.15) is 28.0 Å². The zero-order valence-electron chi connectivity index (χ0n) is 12.3. The van der Waals surface area contributed by atoms with Gasteiger partial charge in [0.25, 0.3) is 5.91 Å². The Labute approximate surface area is 128 Å². The van der Waals surface area contributed by atoms with Crippen LogP contribution in [0.25, 0.3) is 0 Å². The number of carbonyl (C=O) groups is 1. The Kier molecular flexibility index (Phi) is 3.25. The molecule has 7 heteroatoms. The molecule has 114 valence electrons. The number of carbonyl (C=O) groups excluding carboxylic acids is 1. The maximum Gasteiger partial charge on any atom is 0.257 e. The van der Waals surface area contributed by atoms with Crippen molar-refractivity contribution in [1.82, 2.24) is 25.3 Å². The van der Waals surface area contributed by atoms with E-state index < -0.39 is 0 Å². The third kappa shape index (κ3) is 2.32. The van der Waals surface area contributed by atoms with Crippen molar-refractivity contribution >= 4 is 11.7 Å². The van der Waals surface area contributed by atoms with Gasteiger partial charge in [-0.15, -0.1) is 5.10 Å². The summed E-state index contributed by atoms with van der Waals surface area (Å²) in [7, 11) is 0. The fourth-order valence-electron chi connectivity index (χ4n) is 3.16. The van der Waals surface area contributed by atoms with Crippen molar-refractivity contribution in [3.8, 4) is 0 Å². The molecule has 7 nitrogen and oxygen atoms in total. The highest BCUT2D eigenvalue weighted by molar-refractivity contribution is 5.93. The normalized spacial score (nSPS) is 17.6. The Bertz CT molecular complexity index is 675. The van der Waals surface area contributed by atoms with Gasteiger partial charge in [-0.3, -0.25) is 9.89 Å². The van der Waals surface area contributed by atoms with Crippen LogP contribution < -0.4 is 4.90 Å². The lowest BCUT2D eigenvalue weighted by Gasteiger charge is -2.35. The van der Waals surface area contributed by atoms with Crippen LogP contribution >= 0.6 is 0 Å². The number of fused-ring (bicyclic) bond motifs is 1. The summed E-state index contributed by atoms with van der Waals surface area (Å²) in [5, 5.41) is 15.2. The number of aromatic amines is 1. The molecular formula is C15H18N6O. The zero-order chi connectivity index (χ0) is 14.9. The zero-order valence-corrected chi connectivity index (χ0v) is 12.3. The van der Waals surface area contributed by atoms with E-state index in [1.807, 2.05) is 4.90 Å². The number of hydrogen-bond acceptors (Lipinski definition) is 5. The van der Waals surface area contributed by atoms with Gasteiger partial charge in [0.1, 0.15) is 0 Å². The number of hydrogen-bond donors (Lipinski definition) is 1. The van der Waals surface area contributed by atoms with Crippen LogP contribution in [0.2, 0.25) is 0 Å². The van der Waals surface area contributed by atoms with Crippen molar-refractivity contribution in [2.24, 2.45) is 0 Å². The second kappa shape index (κ2) is 5.40. The maximum absolute atomic E-state index is 12.3. The van der Waals surface area contributed by atoms with Crippen molar-refractivity contribution in [2.45, 2.75) is 19.3 Å². The topological polar surface area (TPSA) is 78.0 Å². The minimum absolute atomic E-state index is 0.0356. The summed E-state index contributed by atoms with van der Waals surface area (Å²) in [4.78, 5) is 16.4. The third-order valence-corrected chi connectivity index (χ3v) is 4.44. The summed E-state index contributed by atoms with van der Waals surface area (Å²) >= 11 is 0. The highest BCUT2D eigenvalue weighted by atomic mass is 16.2. The Morgan fingerprint density at radius 1 is 1.14 bits per heavy atom. The largest absolute Gasteiger partial charge is 0.352 e. The molecule has 4 rings (SSSR count). The van der Waals surface area contributed by atoms with Crippen molar-refractivity contribution < 1.29 is 4.79 Å². The summed E-state index contributed by atoms with van der Waals surface area (Å²) in [5.41, 5.74) is 3.10. The molecule has 2 aromatic heterocycles. The fourth-order valence-corrected chi connectivity index (χ4v) is 3.16. The predicted molar refractivity (Wildman–Crippen MR) is 80.8 cm³/mol. The van der Waals surface area contributed by atoms with E-state index in [0.29, 0.717) is 18.7 Å². The molecule has 0 aromatic carbocycles. The molecular weight excluding hydrogens is 280 g/mol. The number of piperazine rings is 1. The van der Waals surface area contributed by atoms with E-state index in [4.69, 9.17) is 0 Å². The Hall–Kier alpha value is -2.44. The minimum atomic E-state index is 0.0356. The summed E-state index contributed by atoms with van der Waals surface area (Å²) < 4.78 is 0. The van der Waals surface area contributed by atoms with Crippen LogP contribution in [-0.2, 0) is 12.8 Å². The van der Waals surface area contributed by atoms with Crippen LogP contribution in [0.5, 0.6) is 0 Å². The Balaban J connectivity index is 1.42. The summed E-state index contributed by atoms with van der Waals surface area (Å²) in [6, 6.07) is 2.17. The van der Waals surface area contributed by atoms with Gasteiger partial charge in [-0.05, 0) is 30.9 Å². The van der Waals surface area contributed by atoms with Crippen molar-refractivity contribution in [1.29, 1.82) is 0 Å². The molecule has 1 aliphatic heterocycles. The van der Waals surface area contributed by atoms with E-state index in [1.165, 1.54) is 12.0 Å². The molecule has 1 amide bonds. The first-order valence-electron chi connectivity index (χ1n) is 7.70. The average molecular weight is 298 g/mol. The van der Waals surface area contributed by atoms with Gasteiger partial charge in [0.2, 0.25) is 0 Å². The molecule has 0 spiro atoms. The van der Waals surface area contributed by atoms with E-state index in [2.05, 4.69) is 31.4 Å². The van der Waals surface area contributed by atoms with E-state index >= 15 is 0 Å². The summed E-state index contributed by atoms with van der Waals surface area (Å²) in [5.74, 6) is 0.976. The van der Waals surface area contributed by atoms with Gasteiger partial charge >= 0.3 is 0 Å². The van der Waals surface area contributed by atoms with Crippen LogP contribution in [0.4, 0.5) is 5.82 Å². The molecule has 0 radical (unpaired) electrons. The molecule has 2 aromatic rings. The number of rotatable bonds is 2. The SMILES string of the molecule is O=C(c1cn[nH]c1)N1CCN(c2cc3c(nn2)CCC3)CC1. The lowest BCUT2D eigenvalue weighted by molar-refractivity contribution is 0.0746. The van der Waals surface area contributed by atoms with Gasteiger partial charge in [0.15, 0.2) is 5.82 Å². The summed E-state index contributed by atoms with van der Waals surface area (Å²) in [6.45, 7) is 2.97. The van der Waals surface area contributed by atoms with Crippen LogP contribution in [0.3, 0.4) is 0 Å². The van der Waals surface area contributed by atoms with Gasteiger partial charge in [-0.1, -0.05) is 0 Å². The Morgan fingerprint density at radius 3 is 2.77 bits per heavy atom. The molecule has 0 saturated carbocycles. The first kappa shape index (κ1) is 13.2. The Morgan fingerprint density at radius 2 is 2.00 bits per heavy atom. The highest BCUT2D eigenvalue weighted by Gasteiger charge is 2.24. The molecule has 2 aliphatic rings. The van der Waals surface area contributed by atoms with Crippen LogP contribution in [0.15, 0.2) is 18.5 Å². The van der Waals surface area contributed by atoms with Gasteiger partial charge in [-0.25, -0.2) is 0 Å². The standard InChI is InChI=1S/C15H18N6O/c22-15(12-9-16-17-10-12)21-6-4-20(5-7-21)14-8-11-2-1-3-13(11)18-19-14/h8-10H,1-7H2,(H,16,17). The molecule has 1 fully saturated rings.